The number of aryl methyl sites for hydroxylation is 2. The van der Waals surface area contributed by atoms with Gasteiger partial charge in [-0.2, -0.15) is 0 Å². The van der Waals surface area contributed by atoms with E-state index in [0.717, 1.165) is 33.5 Å². The summed E-state index contributed by atoms with van der Waals surface area (Å²) in [7, 11) is 0. The highest BCUT2D eigenvalue weighted by Gasteiger charge is 2.10. The van der Waals surface area contributed by atoms with Crippen molar-refractivity contribution in [3.63, 3.8) is 0 Å². The number of hydrogen-bond donors (Lipinski definition) is 0. The predicted octanol–water partition coefficient (Wildman–Crippen LogP) is 6.44. The van der Waals surface area contributed by atoms with E-state index < -0.39 is 4.92 Å². The molecule has 6 heteroatoms. The normalized spacial score (nSPS) is 11.7. The van der Waals surface area contributed by atoms with E-state index in [1.54, 1.807) is 36.6 Å². The molecule has 4 aromatic rings. The summed E-state index contributed by atoms with van der Waals surface area (Å²) in [5.41, 5.74) is 5.90. The van der Waals surface area contributed by atoms with Crippen LogP contribution in [0.5, 0.6) is 0 Å². The molecule has 0 spiro atoms. The molecule has 0 atom stereocenters. The van der Waals surface area contributed by atoms with Gasteiger partial charge in [-0.15, -0.1) is 0 Å². The number of benzene rings is 3. The maximum atomic E-state index is 11.1. The minimum absolute atomic E-state index is 0.0616. The summed E-state index contributed by atoms with van der Waals surface area (Å²) in [6, 6.07) is 18.3. The second-order valence-electron chi connectivity index (χ2n) is 6.94. The first-order chi connectivity index (χ1) is 14.5. The fourth-order valence-corrected chi connectivity index (χ4v) is 3.11. The van der Waals surface area contributed by atoms with Gasteiger partial charge in [0.05, 0.1) is 16.2 Å². The van der Waals surface area contributed by atoms with Gasteiger partial charge in [-0.05, 0) is 67.5 Å². The van der Waals surface area contributed by atoms with Crippen molar-refractivity contribution in [3.8, 4) is 11.5 Å². The number of allylic oxidation sites excluding steroid dienone is 1. The van der Waals surface area contributed by atoms with Gasteiger partial charge in [0.15, 0.2) is 5.58 Å². The Morgan fingerprint density at radius 3 is 2.73 bits per heavy atom. The summed E-state index contributed by atoms with van der Waals surface area (Å²) < 4.78 is 5.88. The largest absolute Gasteiger partial charge is 0.436 e. The predicted molar refractivity (Wildman–Crippen MR) is 119 cm³/mol. The van der Waals surface area contributed by atoms with Crippen LogP contribution in [0.1, 0.15) is 16.7 Å². The van der Waals surface area contributed by atoms with Gasteiger partial charge in [-0.25, -0.2) is 4.98 Å². The molecule has 30 heavy (non-hydrogen) atoms. The van der Waals surface area contributed by atoms with E-state index >= 15 is 0 Å². The van der Waals surface area contributed by atoms with Crippen molar-refractivity contribution in [2.24, 2.45) is 4.99 Å². The van der Waals surface area contributed by atoms with Gasteiger partial charge in [-0.1, -0.05) is 24.3 Å². The average Bonchev–Trinajstić information content (AvgIpc) is 3.15. The zero-order chi connectivity index (χ0) is 21.1. The molecule has 0 radical (unpaired) electrons. The van der Waals surface area contributed by atoms with Crippen LogP contribution in [0.25, 0.3) is 28.6 Å². The molecule has 0 saturated heterocycles. The molecule has 1 aromatic heterocycles. The highest BCUT2D eigenvalue weighted by molar-refractivity contribution is 5.83. The molecule has 6 nitrogen and oxygen atoms in total. The van der Waals surface area contributed by atoms with Crippen LogP contribution in [0.3, 0.4) is 0 Å². The zero-order valence-electron chi connectivity index (χ0n) is 16.6. The second-order valence-corrected chi connectivity index (χ2v) is 6.94. The number of nitrogens with zero attached hydrogens (tertiary/aromatic N) is 3. The summed E-state index contributed by atoms with van der Waals surface area (Å²) in [5, 5.41) is 11.1. The van der Waals surface area contributed by atoms with E-state index in [1.165, 1.54) is 6.07 Å². The number of aliphatic imine (C=N–C) groups is 1. The van der Waals surface area contributed by atoms with Crippen molar-refractivity contribution in [1.82, 2.24) is 4.98 Å². The Kier molecular flexibility index (Phi) is 5.22. The molecule has 0 fully saturated rings. The monoisotopic (exact) mass is 397 g/mol. The van der Waals surface area contributed by atoms with Gasteiger partial charge in [0.2, 0.25) is 5.89 Å². The van der Waals surface area contributed by atoms with Crippen LogP contribution in [0, 0.1) is 24.0 Å². The summed E-state index contributed by atoms with van der Waals surface area (Å²) >= 11 is 0. The lowest BCUT2D eigenvalue weighted by molar-refractivity contribution is -0.385. The minimum atomic E-state index is -0.397. The summed E-state index contributed by atoms with van der Waals surface area (Å²) in [4.78, 5) is 19.8. The van der Waals surface area contributed by atoms with Crippen molar-refractivity contribution in [1.29, 1.82) is 0 Å². The van der Waals surface area contributed by atoms with E-state index in [4.69, 9.17) is 4.42 Å². The number of rotatable bonds is 5. The standard InChI is InChI=1S/C24H19N3O3/c1-16-9-12-23-21(14-16)26-24(30-23)19-11-10-17(2)20(15-19)25-13-5-7-18-6-3-4-8-22(18)27(28)29/h3-15H,1-2H3/b7-5-,25-13?. The van der Waals surface area contributed by atoms with Crippen molar-refractivity contribution in [2.75, 3.05) is 0 Å². The molecule has 4 rings (SSSR count). The average molecular weight is 397 g/mol. The molecule has 0 N–H and O–H groups in total. The molecule has 0 aliphatic rings. The maximum Gasteiger partial charge on any atom is 0.276 e. The van der Waals surface area contributed by atoms with E-state index in [9.17, 15) is 10.1 Å². The van der Waals surface area contributed by atoms with Crippen molar-refractivity contribution in [3.05, 3.63) is 93.5 Å². The fraction of sp³-hybridized carbons (Fsp3) is 0.0833. The molecule has 0 aliphatic heterocycles. The van der Waals surface area contributed by atoms with Gasteiger partial charge in [0.25, 0.3) is 5.69 Å². The molecule has 148 valence electrons. The Labute approximate surface area is 173 Å². The molecule has 3 aromatic carbocycles. The Balaban J connectivity index is 1.60. The third-order valence-electron chi connectivity index (χ3n) is 4.71. The van der Waals surface area contributed by atoms with E-state index in [2.05, 4.69) is 9.98 Å². The molecule has 1 heterocycles. The molecule has 0 bridgehead atoms. The molecule has 0 aliphatic carbocycles. The fourth-order valence-electron chi connectivity index (χ4n) is 3.11. The number of hydrogen-bond acceptors (Lipinski definition) is 5. The van der Waals surface area contributed by atoms with Crippen LogP contribution < -0.4 is 0 Å². The van der Waals surface area contributed by atoms with Crippen LogP contribution in [0.15, 0.2) is 76.1 Å². The topological polar surface area (TPSA) is 81.5 Å². The lowest BCUT2D eigenvalue weighted by Crippen LogP contribution is -1.90. The number of fused-ring (bicyclic) bond motifs is 1. The number of para-hydroxylation sites is 1. The highest BCUT2D eigenvalue weighted by Crippen LogP contribution is 2.29. The minimum Gasteiger partial charge on any atom is -0.436 e. The van der Waals surface area contributed by atoms with Crippen LogP contribution in [-0.4, -0.2) is 16.1 Å². The smallest absolute Gasteiger partial charge is 0.276 e. The molecule has 0 amide bonds. The first-order valence-corrected chi connectivity index (χ1v) is 9.43. The van der Waals surface area contributed by atoms with Gasteiger partial charge in [-0.3, -0.25) is 15.1 Å². The number of oxazole rings is 1. The molecule has 0 unspecified atom stereocenters. The second kappa shape index (κ2) is 8.13. The van der Waals surface area contributed by atoms with E-state index in [1.807, 2.05) is 50.2 Å². The Morgan fingerprint density at radius 1 is 1.07 bits per heavy atom. The SMILES string of the molecule is Cc1ccc2oc(-c3ccc(C)c(N=C/C=C\c4ccccc4[N+](=O)[O-])c3)nc2c1. The van der Waals surface area contributed by atoms with Crippen molar-refractivity contribution in [2.45, 2.75) is 13.8 Å². The number of nitro benzene ring substituents is 1. The van der Waals surface area contributed by atoms with Crippen LogP contribution in [0.4, 0.5) is 11.4 Å². The lowest BCUT2D eigenvalue weighted by atomic mass is 10.1. The van der Waals surface area contributed by atoms with Gasteiger partial charge >= 0.3 is 0 Å². The maximum absolute atomic E-state index is 11.1. The van der Waals surface area contributed by atoms with Crippen molar-refractivity contribution >= 4 is 34.8 Å². The third kappa shape index (κ3) is 4.03. The van der Waals surface area contributed by atoms with Crippen LogP contribution in [0.2, 0.25) is 0 Å². The quantitative estimate of drug-likeness (QED) is 0.220. The van der Waals surface area contributed by atoms with Gasteiger partial charge in [0, 0.05) is 17.8 Å². The number of aromatic nitrogens is 1. The van der Waals surface area contributed by atoms with Crippen molar-refractivity contribution < 1.29 is 9.34 Å². The van der Waals surface area contributed by atoms with E-state index in [-0.39, 0.29) is 5.69 Å². The van der Waals surface area contributed by atoms with E-state index in [0.29, 0.717) is 11.5 Å². The summed E-state index contributed by atoms with van der Waals surface area (Å²) in [5.74, 6) is 0.544. The molecular formula is C24H19N3O3. The summed E-state index contributed by atoms with van der Waals surface area (Å²) in [6.07, 6.45) is 4.99. The highest BCUT2D eigenvalue weighted by atomic mass is 16.6. The van der Waals surface area contributed by atoms with Crippen LogP contribution in [-0.2, 0) is 0 Å². The lowest BCUT2D eigenvalue weighted by Gasteiger charge is -2.02. The third-order valence-corrected chi connectivity index (χ3v) is 4.71. The number of nitro groups is 1. The zero-order valence-corrected chi connectivity index (χ0v) is 16.6. The molecule has 0 saturated carbocycles. The van der Waals surface area contributed by atoms with Gasteiger partial charge in [0.1, 0.15) is 5.52 Å². The Morgan fingerprint density at radius 2 is 1.90 bits per heavy atom. The molecular weight excluding hydrogens is 378 g/mol. The van der Waals surface area contributed by atoms with Gasteiger partial charge < -0.3 is 4.42 Å². The first kappa shape index (κ1) is 19.3. The van der Waals surface area contributed by atoms with Crippen LogP contribution >= 0.6 is 0 Å². The summed E-state index contributed by atoms with van der Waals surface area (Å²) in [6.45, 7) is 3.99. The Hall–Kier alpha value is -4.06. The first-order valence-electron chi connectivity index (χ1n) is 9.43. The Bertz CT molecular complexity index is 1300.